The van der Waals surface area contributed by atoms with E-state index in [0.717, 1.165) is 18.3 Å². The zero-order valence-electron chi connectivity index (χ0n) is 8.04. The maximum absolute atomic E-state index is 10.7. The van der Waals surface area contributed by atoms with Crippen molar-refractivity contribution >= 4 is 6.29 Å². The van der Waals surface area contributed by atoms with Crippen LogP contribution in [-0.4, -0.2) is 12.9 Å². The summed E-state index contributed by atoms with van der Waals surface area (Å²) in [6.45, 7) is 4.60. The van der Waals surface area contributed by atoms with Crippen LogP contribution in [0.4, 0.5) is 0 Å². The van der Waals surface area contributed by atoms with Gasteiger partial charge in [-0.3, -0.25) is 4.79 Å². The van der Waals surface area contributed by atoms with Crippen LogP contribution in [0.5, 0.6) is 5.75 Å². The van der Waals surface area contributed by atoms with Crippen molar-refractivity contribution in [1.82, 2.24) is 0 Å². The first-order valence-electron chi connectivity index (χ1n) is 4.47. The summed E-state index contributed by atoms with van der Waals surface area (Å²) in [6.07, 6.45) is 1.80. The Kier molecular flexibility index (Phi) is 3.50. The lowest BCUT2D eigenvalue weighted by atomic mass is 10.1. The lowest BCUT2D eigenvalue weighted by Gasteiger charge is -2.08. The Labute approximate surface area is 78.5 Å². The van der Waals surface area contributed by atoms with E-state index in [0.29, 0.717) is 17.9 Å². The van der Waals surface area contributed by atoms with Crippen molar-refractivity contribution in [2.24, 2.45) is 0 Å². The number of benzene rings is 1. The Morgan fingerprint density at radius 2 is 2.23 bits per heavy atom. The molecule has 0 aromatic heterocycles. The van der Waals surface area contributed by atoms with E-state index in [1.807, 2.05) is 32.0 Å². The van der Waals surface area contributed by atoms with Gasteiger partial charge < -0.3 is 4.74 Å². The molecule has 0 atom stereocenters. The first kappa shape index (κ1) is 9.78. The molecule has 0 aliphatic carbocycles. The van der Waals surface area contributed by atoms with E-state index >= 15 is 0 Å². The maximum atomic E-state index is 10.7. The minimum absolute atomic E-state index is 0.657. The van der Waals surface area contributed by atoms with Crippen LogP contribution in [0.25, 0.3) is 0 Å². The van der Waals surface area contributed by atoms with Crippen LogP contribution in [0.15, 0.2) is 18.2 Å². The second-order valence-corrected chi connectivity index (χ2v) is 2.95. The van der Waals surface area contributed by atoms with Gasteiger partial charge in [0, 0.05) is 0 Å². The minimum Gasteiger partial charge on any atom is -0.493 e. The van der Waals surface area contributed by atoms with Crippen LogP contribution in [0.3, 0.4) is 0 Å². The van der Waals surface area contributed by atoms with Gasteiger partial charge in [0.15, 0.2) is 6.29 Å². The van der Waals surface area contributed by atoms with Gasteiger partial charge in [-0.25, -0.2) is 0 Å². The summed E-state index contributed by atoms with van der Waals surface area (Å²) in [4.78, 5) is 10.7. The fourth-order valence-electron chi connectivity index (χ4n) is 1.14. The fraction of sp³-hybridized carbons (Fsp3) is 0.364. The van der Waals surface area contributed by atoms with Gasteiger partial charge >= 0.3 is 0 Å². The van der Waals surface area contributed by atoms with Gasteiger partial charge in [0.2, 0.25) is 0 Å². The lowest BCUT2D eigenvalue weighted by Crippen LogP contribution is -1.99. The van der Waals surface area contributed by atoms with Crippen molar-refractivity contribution in [3.05, 3.63) is 29.3 Å². The molecule has 0 N–H and O–H groups in total. The summed E-state index contributed by atoms with van der Waals surface area (Å²) in [5.74, 6) is 0.692. The molecule has 0 spiro atoms. The molecule has 1 aromatic carbocycles. The molecule has 2 heteroatoms. The lowest BCUT2D eigenvalue weighted by molar-refractivity contribution is 0.111. The Morgan fingerprint density at radius 1 is 1.46 bits per heavy atom. The molecular weight excluding hydrogens is 164 g/mol. The van der Waals surface area contributed by atoms with Crippen LogP contribution in [0.1, 0.15) is 29.3 Å². The standard InChI is InChI=1S/C11H14O2/c1-3-7-13-11-6-4-5-9(2)10(11)8-12/h4-6,8H,3,7H2,1-2H3. The van der Waals surface area contributed by atoms with Crippen molar-refractivity contribution < 1.29 is 9.53 Å². The molecule has 0 aliphatic rings. The predicted octanol–water partition coefficient (Wildman–Crippen LogP) is 2.60. The number of hydrogen-bond acceptors (Lipinski definition) is 2. The van der Waals surface area contributed by atoms with Crippen LogP contribution in [-0.2, 0) is 0 Å². The third kappa shape index (κ3) is 2.31. The van der Waals surface area contributed by atoms with Crippen LogP contribution in [0, 0.1) is 6.92 Å². The maximum Gasteiger partial charge on any atom is 0.154 e. The largest absolute Gasteiger partial charge is 0.493 e. The number of aryl methyl sites for hydroxylation is 1. The first-order valence-corrected chi connectivity index (χ1v) is 4.47. The monoisotopic (exact) mass is 178 g/mol. The topological polar surface area (TPSA) is 26.3 Å². The van der Waals surface area contributed by atoms with Crippen molar-refractivity contribution in [3.8, 4) is 5.75 Å². The van der Waals surface area contributed by atoms with Crippen molar-refractivity contribution in [1.29, 1.82) is 0 Å². The van der Waals surface area contributed by atoms with Gasteiger partial charge in [-0.05, 0) is 25.0 Å². The molecule has 0 saturated carbocycles. The van der Waals surface area contributed by atoms with E-state index in [2.05, 4.69) is 0 Å². The number of carbonyl (C=O) groups excluding carboxylic acids is 1. The molecule has 1 aromatic rings. The zero-order chi connectivity index (χ0) is 9.68. The minimum atomic E-state index is 0.657. The van der Waals surface area contributed by atoms with Gasteiger partial charge in [-0.2, -0.15) is 0 Å². The number of carbonyl (C=O) groups is 1. The molecular formula is C11H14O2. The van der Waals surface area contributed by atoms with Gasteiger partial charge in [0.1, 0.15) is 5.75 Å². The summed E-state index contributed by atoms with van der Waals surface area (Å²) < 4.78 is 5.43. The Morgan fingerprint density at radius 3 is 2.85 bits per heavy atom. The molecule has 1 rings (SSSR count). The second-order valence-electron chi connectivity index (χ2n) is 2.95. The van der Waals surface area contributed by atoms with Crippen LogP contribution >= 0.6 is 0 Å². The molecule has 0 saturated heterocycles. The highest BCUT2D eigenvalue weighted by Gasteiger charge is 2.04. The third-order valence-corrected chi connectivity index (χ3v) is 1.86. The van der Waals surface area contributed by atoms with E-state index in [1.165, 1.54) is 0 Å². The summed E-state index contributed by atoms with van der Waals surface area (Å²) in [7, 11) is 0. The number of hydrogen-bond donors (Lipinski definition) is 0. The van der Waals surface area contributed by atoms with Crippen molar-refractivity contribution in [3.63, 3.8) is 0 Å². The SMILES string of the molecule is CCCOc1cccc(C)c1C=O. The number of rotatable bonds is 4. The molecule has 13 heavy (non-hydrogen) atoms. The van der Waals surface area contributed by atoms with Gasteiger partial charge in [-0.15, -0.1) is 0 Å². The second kappa shape index (κ2) is 4.65. The molecule has 0 unspecified atom stereocenters. The van der Waals surface area contributed by atoms with Crippen LogP contribution in [0.2, 0.25) is 0 Å². The predicted molar refractivity (Wildman–Crippen MR) is 52.4 cm³/mol. The number of aldehydes is 1. The summed E-state index contributed by atoms with van der Waals surface area (Å²) in [6, 6.07) is 5.63. The number of ether oxygens (including phenoxy) is 1. The molecule has 0 amide bonds. The van der Waals surface area contributed by atoms with Crippen molar-refractivity contribution in [2.75, 3.05) is 6.61 Å². The molecule has 0 bridgehead atoms. The van der Waals surface area contributed by atoms with Crippen molar-refractivity contribution in [2.45, 2.75) is 20.3 Å². The highest BCUT2D eigenvalue weighted by atomic mass is 16.5. The van der Waals surface area contributed by atoms with Gasteiger partial charge in [-0.1, -0.05) is 19.1 Å². The Bertz CT molecular complexity index is 292. The van der Waals surface area contributed by atoms with E-state index < -0.39 is 0 Å². The average Bonchev–Trinajstić information content (AvgIpc) is 2.15. The highest BCUT2D eigenvalue weighted by Crippen LogP contribution is 2.19. The molecule has 0 aliphatic heterocycles. The summed E-state index contributed by atoms with van der Waals surface area (Å²) in [5.41, 5.74) is 1.62. The molecule has 2 nitrogen and oxygen atoms in total. The highest BCUT2D eigenvalue weighted by molar-refractivity contribution is 5.81. The normalized spacial score (nSPS) is 9.69. The van der Waals surface area contributed by atoms with E-state index in [-0.39, 0.29) is 0 Å². The molecule has 0 heterocycles. The smallest absolute Gasteiger partial charge is 0.154 e. The first-order chi connectivity index (χ1) is 6.29. The van der Waals surface area contributed by atoms with E-state index in [9.17, 15) is 4.79 Å². The fourth-order valence-corrected chi connectivity index (χ4v) is 1.14. The molecule has 0 radical (unpaired) electrons. The Balaban J connectivity index is 2.91. The molecule has 70 valence electrons. The quantitative estimate of drug-likeness (QED) is 0.662. The van der Waals surface area contributed by atoms with Crippen LogP contribution < -0.4 is 4.74 Å². The zero-order valence-corrected chi connectivity index (χ0v) is 8.04. The van der Waals surface area contributed by atoms with Gasteiger partial charge in [0.25, 0.3) is 0 Å². The Hall–Kier alpha value is -1.31. The van der Waals surface area contributed by atoms with Gasteiger partial charge in [0.05, 0.1) is 12.2 Å². The van der Waals surface area contributed by atoms with E-state index in [4.69, 9.17) is 4.74 Å². The van der Waals surface area contributed by atoms with E-state index in [1.54, 1.807) is 0 Å². The summed E-state index contributed by atoms with van der Waals surface area (Å²) >= 11 is 0. The summed E-state index contributed by atoms with van der Waals surface area (Å²) in [5, 5.41) is 0. The molecule has 0 fully saturated rings. The third-order valence-electron chi connectivity index (χ3n) is 1.86. The average molecular weight is 178 g/mol.